The summed E-state index contributed by atoms with van der Waals surface area (Å²) in [5.41, 5.74) is 0.392. The normalized spacial score (nSPS) is 20.8. The quantitative estimate of drug-likeness (QED) is 0.447. The fourth-order valence-electron chi connectivity index (χ4n) is 4.60. The summed E-state index contributed by atoms with van der Waals surface area (Å²) in [5, 5.41) is 3.55. The molecule has 4 amide bonds. The highest BCUT2D eigenvalue weighted by Gasteiger charge is 2.47. The smallest absolute Gasteiger partial charge is 0.243 e. The number of amides is 4. The van der Waals surface area contributed by atoms with Gasteiger partial charge in [0.05, 0.1) is 11.8 Å². The third-order valence-corrected chi connectivity index (χ3v) is 6.55. The molecule has 1 aliphatic carbocycles. The molecule has 7 nitrogen and oxygen atoms in total. The van der Waals surface area contributed by atoms with Crippen molar-refractivity contribution in [2.45, 2.75) is 71.5 Å². The minimum absolute atomic E-state index is 0.0257. The molecular weight excluding hydrogens is 454 g/mol. The summed E-state index contributed by atoms with van der Waals surface area (Å²) in [4.78, 5) is 54.8. The first-order chi connectivity index (χ1) is 16.0. The van der Waals surface area contributed by atoms with Gasteiger partial charge in [-0.15, -0.1) is 0 Å². The maximum absolute atomic E-state index is 13.4. The molecule has 3 rings (SSSR count). The van der Waals surface area contributed by atoms with Crippen molar-refractivity contribution in [3.8, 4) is 0 Å². The lowest BCUT2D eigenvalue weighted by molar-refractivity contribution is -0.144. The predicted octanol–water partition coefficient (Wildman–Crippen LogP) is 3.70. The van der Waals surface area contributed by atoms with E-state index in [4.69, 9.17) is 11.6 Å². The first-order valence-corrected chi connectivity index (χ1v) is 12.3. The van der Waals surface area contributed by atoms with E-state index in [9.17, 15) is 19.2 Å². The van der Waals surface area contributed by atoms with Crippen LogP contribution < -0.4 is 5.32 Å². The van der Waals surface area contributed by atoms with Crippen LogP contribution in [0.2, 0.25) is 5.02 Å². The van der Waals surface area contributed by atoms with E-state index in [2.05, 4.69) is 5.32 Å². The predicted molar refractivity (Wildman–Crippen MR) is 131 cm³/mol. The number of nitrogens with one attached hydrogen (secondary N) is 1. The van der Waals surface area contributed by atoms with Gasteiger partial charge >= 0.3 is 0 Å². The van der Waals surface area contributed by atoms with Gasteiger partial charge in [0.25, 0.3) is 0 Å². The zero-order valence-corrected chi connectivity index (χ0v) is 21.1. The SMILES string of the molecule is CCC(C(=O)NC(C)(C)C)N(Cc1ccc(Cl)cc1)C(=O)CCN1C(=O)[C@H]2CC=CC[C@H]2C1=O. The van der Waals surface area contributed by atoms with Crippen LogP contribution in [0.3, 0.4) is 0 Å². The number of hydrogen-bond donors (Lipinski definition) is 1. The van der Waals surface area contributed by atoms with Gasteiger partial charge in [0.2, 0.25) is 23.6 Å². The van der Waals surface area contributed by atoms with E-state index in [0.717, 1.165) is 5.56 Å². The van der Waals surface area contributed by atoms with E-state index in [0.29, 0.717) is 24.3 Å². The molecule has 0 bridgehead atoms. The van der Waals surface area contributed by atoms with E-state index in [-0.39, 0.29) is 55.0 Å². The van der Waals surface area contributed by atoms with Gasteiger partial charge < -0.3 is 10.2 Å². The van der Waals surface area contributed by atoms with Crippen LogP contribution in [0, 0.1) is 11.8 Å². The van der Waals surface area contributed by atoms with Crippen LogP contribution in [0.5, 0.6) is 0 Å². The van der Waals surface area contributed by atoms with Crippen LogP contribution in [0.4, 0.5) is 0 Å². The van der Waals surface area contributed by atoms with Gasteiger partial charge in [0.1, 0.15) is 6.04 Å². The molecule has 0 aromatic heterocycles. The van der Waals surface area contributed by atoms with Crippen LogP contribution in [0.15, 0.2) is 36.4 Å². The molecule has 1 fully saturated rings. The Morgan fingerprint density at radius 1 is 1.09 bits per heavy atom. The standard InChI is InChI=1S/C26H34ClN3O4/c1-5-21(23(32)28-26(2,3)4)30(16-17-10-12-18(27)13-11-17)22(31)14-15-29-24(33)19-8-6-7-9-20(19)25(29)34/h6-7,10-13,19-21H,5,8-9,14-16H2,1-4H3,(H,28,32)/t19-,20+,21?. The van der Waals surface area contributed by atoms with Gasteiger partial charge in [-0.05, 0) is 57.7 Å². The largest absolute Gasteiger partial charge is 0.350 e. The summed E-state index contributed by atoms with van der Waals surface area (Å²) in [6, 6.07) is 6.45. The Morgan fingerprint density at radius 2 is 1.65 bits per heavy atom. The van der Waals surface area contributed by atoms with Gasteiger partial charge in [0, 0.05) is 30.1 Å². The number of hydrogen-bond acceptors (Lipinski definition) is 4. The zero-order valence-electron chi connectivity index (χ0n) is 20.3. The Kier molecular flexibility index (Phi) is 8.18. The van der Waals surface area contributed by atoms with E-state index in [1.54, 1.807) is 17.0 Å². The molecule has 1 saturated heterocycles. The molecule has 1 unspecified atom stereocenters. The molecule has 0 spiro atoms. The first kappa shape index (κ1) is 25.9. The number of rotatable bonds is 8. The maximum Gasteiger partial charge on any atom is 0.243 e. The van der Waals surface area contributed by atoms with E-state index >= 15 is 0 Å². The summed E-state index contributed by atoms with van der Waals surface area (Å²) in [6.45, 7) is 7.78. The molecule has 0 saturated carbocycles. The molecule has 34 heavy (non-hydrogen) atoms. The van der Waals surface area contributed by atoms with Gasteiger partial charge in [0.15, 0.2) is 0 Å². The van der Waals surface area contributed by atoms with Crippen molar-refractivity contribution in [1.29, 1.82) is 0 Å². The van der Waals surface area contributed by atoms with Crippen LogP contribution in [0.1, 0.15) is 58.9 Å². The Labute approximate surface area is 206 Å². The molecule has 3 atom stereocenters. The number of allylic oxidation sites excluding steroid dienone is 2. The van der Waals surface area contributed by atoms with Gasteiger partial charge in [-0.25, -0.2) is 0 Å². The van der Waals surface area contributed by atoms with Crippen LogP contribution >= 0.6 is 11.6 Å². The second-order valence-corrected chi connectivity index (χ2v) is 10.5. The molecule has 0 radical (unpaired) electrons. The van der Waals surface area contributed by atoms with E-state index in [1.807, 2.05) is 52.0 Å². The highest BCUT2D eigenvalue weighted by Crippen LogP contribution is 2.35. The Hall–Kier alpha value is -2.67. The van der Waals surface area contributed by atoms with Crippen LogP contribution in [-0.4, -0.2) is 51.6 Å². The number of imide groups is 1. The first-order valence-electron chi connectivity index (χ1n) is 11.9. The number of nitrogens with zero attached hydrogens (tertiary/aromatic N) is 2. The molecule has 8 heteroatoms. The number of benzene rings is 1. The molecule has 1 aliphatic heterocycles. The molecule has 1 aromatic rings. The molecule has 2 aliphatic rings. The van der Waals surface area contributed by atoms with Crippen LogP contribution in [0.25, 0.3) is 0 Å². The van der Waals surface area contributed by atoms with Crippen molar-refractivity contribution >= 4 is 35.2 Å². The third kappa shape index (κ3) is 6.06. The second kappa shape index (κ2) is 10.7. The number of likely N-dealkylation sites (tertiary alicyclic amines) is 1. The summed E-state index contributed by atoms with van der Waals surface area (Å²) >= 11 is 6.01. The highest BCUT2D eigenvalue weighted by atomic mass is 35.5. The number of carbonyl (C=O) groups is 4. The lowest BCUT2D eigenvalue weighted by atomic mass is 9.85. The average Bonchev–Trinajstić information content (AvgIpc) is 3.02. The third-order valence-electron chi connectivity index (χ3n) is 6.30. The van der Waals surface area contributed by atoms with Crippen molar-refractivity contribution in [2.24, 2.45) is 11.8 Å². The van der Waals surface area contributed by atoms with Crippen molar-refractivity contribution < 1.29 is 19.2 Å². The average molecular weight is 488 g/mol. The fourth-order valence-corrected chi connectivity index (χ4v) is 4.73. The minimum Gasteiger partial charge on any atom is -0.350 e. The zero-order chi connectivity index (χ0) is 25.0. The van der Waals surface area contributed by atoms with Gasteiger partial charge in [-0.1, -0.05) is 42.8 Å². The molecule has 1 aromatic carbocycles. The van der Waals surface area contributed by atoms with Gasteiger partial charge in [-0.3, -0.25) is 24.1 Å². The summed E-state index contributed by atoms with van der Waals surface area (Å²) in [7, 11) is 0. The van der Waals surface area contributed by atoms with Crippen molar-refractivity contribution in [2.75, 3.05) is 6.54 Å². The number of halogens is 1. The molecule has 184 valence electrons. The molecule has 1 N–H and O–H groups in total. The summed E-state index contributed by atoms with van der Waals surface area (Å²) < 4.78 is 0. The Balaban J connectivity index is 1.77. The van der Waals surface area contributed by atoms with Crippen molar-refractivity contribution in [1.82, 2.24) is 15.1 Å². The Morgan fingerprint density at radius 3 is 2.15 bits per heavy atom. The van der Waals surface area contributed by atoms with Crippen LogP contribution in [-0.2, 0) is 25.7 Å². The van der Waals surface area contributed by atoms with E-state index in [1.165, 1.54) is 4.90 Å². The fraction of sp³-hybridized carbons (Fsp3) is 0.538. The number of fused-ring (bicyclic) bond motifs is 1. The van der Waals surface area contributed by atoms with Crippen molar-refractivity contribution in [3.05, 3.63) is 47.0 Å². The maximum atomic E-state index is 13.4. The monoisotopic (exact) mass is 487 g/mol. The molecular formula is C26H34ClN3O4. The summed E-state index contributed by atoms with van der Waals surface area (Å²) in [5.74, 6) is -1.55. The minimum atomic E-state index is -0.681. The summed E-state index contributed by atoms with van der Waals surface area (Å²) in [6.07, 6.45) is 5.40. The number of carbonyl (C=O) groups excluding carboxylic acids is 4. The lowest BCUT2D eigenvalue weighted by Crippen LogP contribution is -2.53. The highest BCUT2D eigenvalue weighted by molar-refractivity contribution is 6.30. The lowest BCUT2D eigenvalue weighted by Gasteiger charge is -2.33. The van der Waals surface area contributed by atoms with E-state index < -0.39 is 11.6 Å². The van der Waals surface area contributed by atoms with Crippen molar-refractivity contribution in [3.63, 3.8) is 0 Å². The topological polar surface area (TPSA) is 86.8 Å². The van der Waals surface area contributed by atoms with Gasteiger partial charge in [-0.2, -0.15) is 0 Å². The molecule has 1 heterocycles. The second-order valence-electron chi connectivity index (χ2n) is 10.0. The Bertz CT molecular complexity index is 941.